The summed E-state index contributed by atoms with van der Waals surface area (Å²) in [5.41, 5.74) is 3.76. The van der Waals surface area contributed by atoms with E-state index >= 15 is 0 Å². The molecule has 0 saturated carbocycles. The molecule has 8 nitrogen and oxygen atoms in total. The van der Waals surface area contributed by atoms with Crippen molar-refractivity contribution in [1.29, 1.82) is 0 Å². The average Bonchev–Trinajstić information content (AvgIpc) is 3.54. The van der Waals surface area contributed by atoms with Crippen molar-refractivity contribution in [3.63, 3.8) is 0 Å². The topological polar surface area (TPSA) is 70.9 Å². The zero-order valence-electron chi connectivity index (χ0n) is 22.3. The van der Waals surface area contributed by atoms with Gasteiger partial charge in [0, 0.05) is 69.3 Å². The highest BCUT2D eigenvalue weighted by atomic mass is 16.5. The molecule has 8 heteroatoms. The summed E-state index contributed by atoms with van der Waals surface area (Å²) in [6.45, 7) is 7.73. The van der Waals surface area contributed by atoms with Gasteiger partial charge in [-0.15, -0.1) is 0 Å². The van der Waals surface area contributed by atoms with Crippen LogP contribution in [0, 0.1) is 12.8 Å². The highest BCUT2D eigenvalue weighted by molar-refractivity contribution is 5.73. The van der Waals surface area contributed by atoms with Crippen LogP contribution in [0.25, 0.3) is 0 Å². The van der Waals surface area contributed by atoms with Gasteiger partial charge in [0.2, 0.25) is 5.91 Å². The van der Waals surface area contributed by atoms with E-state index in [9.17, 15) is 9.59 Å². The second kappa shape index (κ2) is 9.78. The first-order valence-corrected chi connectivity index (χ1v) is 13.9. The number of hydrogen-bond acceptors (Lipinski definition) is 5. The van der Waals surface area contributed by atoms with Crippen molar-refractivity contribution in [3.05, 3.63) is 53.1 Å². The number of hydrogen-bond donors (Lipinski definition) is 0. The Balaban J connectivity index is 1.19. The van der Waals surface area contributed by atoms with Gasteiger partial charge in [-0.2, -0.15) is 0 Å². The van der Waals surface area contributed by atoms with Gasteiger partial charge in [-0.1, -0.05) is 30.3 Å². The van der Waals surface area contributed by atoms with Gasteiger partial charge in [-0.25, -0.2) is 9.78 Å². The monoisotopic (exact) mass is 505 g/mol. The average molecular weight is 506 g/mol. The zero-order valence-corrected chi connectivity index (χ0v) is 22.3. The number of carbonyl (C=O) groups is 2. The van der Waals surface area contributed by atoms with Crippen molar-refractivity contribution >= 4 is 12.0 Å². The van der Waals surface area contributed by atoms with Crippen molar-refractivity contribution in [3.8, 4) is 0 Å². The molecule has 1 unspecified atom stereocenters. The van der Waals surface area contributed by atoms with Gasteiger partial charge in [0.1, 0.15) is 5.82 Å². The smallest absolute Gasteiger partial charge is 0.409 e. The van der Waals surface area contributed by atoms with Crippen molar-refractivity contribution < 1.29 is 14.3 Å². The fraction of sp³-hybridized carbons (Fsp3) is 0.621. The summed E-state index contributed by atoms with van der Waals surface area (Å²) >= 11 is 0. The number of nitrogens with zero attached hydrogens (tertiary/aromatic N) is 5. The second-order valence-corrected chi connectivity index (χ2v) is 11.5. The van der Waals surface area contributed by atoms with Crippen LogP contribution in [0.3, 0.4) is 0 Å². The minimum Gasteiger partial charge on any atom is -0.453 e. The fourth-order valence-corrected chi connectivity index (χ4v) is 7.73. The van der Waals surface area contributed by atoms with Crippen LogP contribution >= 0.6 is 0 Å². The van der Waals surface area contributed by atoms with Crippen molar-refractivity contribution in [2.24, 2.45) is 5.92 Å². The lowest BCUT2D eigenvalue weighted by molar-refractivity contribution is -0.129. The molecule has 2 aromatic rings. The van der Waals surface area contributed by atoms with Crippen molar-refractivity contribution in [2.75, 3.05) is 33.3 Å². The van der Waals surface area contributed by atoms with Crippen LogP contribution in [0.2, 0.25) is 0 Å². The Hall–Kier alpha value is -2.87. The van der Waals surface area contributed by atoms with Crippen LogP contribution in [0.5, 0.6) is 0 Å². The molecule has 5 atom stereocenters. The number of piperidine rings is 1. The number of imidazole rings is 1. The number of methoxy groups -OCH3 is 1. The van der Waals surface area contributed by atoms with Gasteiger partial charge in [0.05, 0.1) is 19.3 Å². The molecule has 37 heavy (non-hydrogen) atoms. The maximum absolute atomic E-state index is 12.4. The van der Waals surface area contributed by atoms with Crippen LogP contribution < -0.4 is 0 Å². The third-order valence-electron chi connectivity index (χ3n) is 9.45. The first-order valence-electron chi connectivity index (χ1n) is 13.9. The van der Waals surface area contributed by atoms with E-state index in [-0.39, 0.29) is 12.0 Å². The summed E-state index contributed by atoms with van der Waals surface area (Å²) in [5, 5.41) is 0. The third kappa shape index (κ3) is 4.43. The van der Waals surface area contributed by atoms with Crippen LogP contribution in [-0.2, 0) is 22.5 Å². The quantitative estimate of drug-likeness (QED) is 0.633. The molecule has 4 aliphatic heterocycles. The normalized spacial score (nSPS) is 29.4. The van der Waals surface area contributed by atoms with Gasteiger partial charge in [-0.05, 0) is 44.1 Å². The number of likely N-dealkylation sites (tertiary alicyclic amines) is 1. The summed E-state index contributed by atoms with van der Waals surface area (Å²) < 4.78 is 7.61. The van der Waals surface area contributed by atoms with E-state index in [0.717, 1.165) is 57.0 Å². The molecule has 0 radical (unpaired) electrons. The van der Waals surface area contributed by atoms with E-state index in [1.165, 1.54) is 31.2 Å². The van der Waals surface area contributed by atoms with E-state index < -0.39 is 0 Å². The van der Waals surface area contributed by atoms with Gasteiger partial charge in [0.25, 0.3) is 0 Å². The van der Waals surface area contributed by atoms with Crippen LogP contribution in [-0.4, -0.2) is 81.6 Å². The Morgan fingerprint density at radius 3 is 2.43 bits per heavy atom. The molecule has 5 heterocycles. The second-order valence-electron chi connectivity index (χ2n) is 11.5. The first kappa shape index (κ1) is 24.5. The van der Waals surface area contributed by atoms with E-state index in [4.69, 9.17) is 9.72 Å². The van der Waals surface area contributed by atoms with E-state index in [2.05, 4.69) is 46.7 Å². The minimum atomic E-state index is -0.214. The Morgan fingerprint density at radius 1 is 1.03 bits per heavy atom. The van der Waals surface area contributed by atoms with E-state index in [1.807, 2.05) is 9.80 Å². The number of fused-ring (bicyclic) bond motifs is 3. The minimum absolute atomic E-state index is 0.135. The lowest BCUT2D eigenvalue weighted by Gasteiger charge is -2.42. The fourth-order valence-electron chi connectivity index (χ4n) is 7.73. The molecule has 4 aliphatic rings. The van der Waals surface area contributed by atoms with Gasteiger partial charge < -0.3 is 19.1 Å². The number of ether oxygens (including phenoxy) is 1. The number of aryl methyl sites for hydroxylation is 1. The largest absolute Gasteiger partial charge is 0.453 e. The molecular formula is C29H39N5O3. The Labute approximate surface area is 219 Å². The highest BCUT2D eigenvalue weighted by Crippen LogP contribution is 2.44. The lowest BCUT2D eigenvalue weighted by atomic mass is 9.87. The van der Waals surface area contributed by atoms with Gasteiger partial charge >= 0.3 is 6.09 Å². The predicted molar refractivity (Wildman–Crippen MR) is 140 cm³/mol. The van der Waals surface area contributed by atoms with Gasteiger partial charge in [0.15, 0.2) is 0 Å². The molecule has 3 saturated heterocycles. The lowest BCUT2D eigenvalue weighted by Crippen LogP contribution is -2.47. The van der Waals surface area contributed by atoms with E-state index in [0.29, 0.717) is 36.5 Å². The molecule has 0 spiro atoms. The highest BCUT2D eigenvalue weighted by Gasteiger charge is 2.46. The number of rotatable bonds is 4. The molecule has 1 aromatic heterocycles. The number of carbonyl (C=O) groups excluding carboxylic acids is 2. The molecule has 2 bridgehead atoms. The number of amides is 2. The summed E-state index contributed by atoms with van der Waals surface area (Å²) in [7, 11) is 1.48. The molecule has 0 aliphatic carbocycles. The number of benzene rings is 1. The standard InChI is InChI=1S/C29H39N5O3/c1-19-30-27-18-31(20(2)35)12-11-28(27)34(19)25-13-23-9-10-24(14-25)33(23)16-22-15-32(29(36)37-3)17-26(22)21-7-5-4-6-8-21/h4-8,22-26H,9-18H2,1-3H3/t22-,23-,24+,25?,26-/m1/s1. The number of aromatic nitrogens is 2. The van der Waals surface area contributed by atoms with E-state index in [1.54, 1.807) is 6.92 Å². The van der Waals surface area contributed by atoms with Crippen LogP contribution in [0.4, 0.5) is 4.79 Å². The maximum Gasteiger partial charge on any atom is 0.409 e. The van der Waals surface area contributed by atoms with Crippen molar-refractivity contribution in [2.45, 2.75) is 76.5 Å². The molecule has 6 rings (SSSR count). The SMILES string of the molecule is COC(=O)N1C[C@H](CN2[C@@H]3CC[C@H]2CC(n2c(C)nc4c2CCN(C(C)=O)C4)C3)[C@@H](c2ccccc2)C1. The van der Waals surface area contributed by atoms with Crippen LogP contribution in [0.1, 0.15) is 67.3 Å². The van der Waals surface area contributed by atoms with Crippen molar-refractivity contribution in [1.82, 2.24) is 24.3 Å². The van der Waals surface area contributed by atoms with Gasteiger partial charge in [-0.3, -0.25) is 9.69 Å². The molecule has 0 N–H and O–H groups in total. The predicted octanol–water partition coefficient (Wildman–Crippen LogP) is 3.75. The molecule has 2 amide bonds. The Morgan fingerprint density at radius 2 is 1.76 bits per heavy atom. The molecular weight excluding hydrogens is 466 g/mol. The Bertz CT molecular complexity index is 1150. The first-order chi connectivity index (χ1) is 17.9. The van der Waals surface area contributed by atoms with Crippen LogP contribution in [0.15, 0.2) is 30.3 Å². The molecule has 3 fully saturated rings. The maximum atomic E-state index is 12.4. The third-order valence-corrected chi connectivity index (χ3v) is 9.45. The molecule has 1 aromatic carbocycles. The zero-order chi connectivity index (χ0) is 25.7. The summed E-state index contributed by atoms with van der Waals surface area (Å²) in [5.74, 6) is 1.98. The summed E-state index contributed by atoms with van der Waals surface area (Å²) in [6, 6.07) is 12.3. The summed E-state index contributed by atoms with van der Waals surface area (Å²) in [4.78, 5) is 35.8. The Kier molecular flexibility index (Phi) is 6.47. The summed E-state index contributed by atoms with van der Waals surface area (Å²) in [6.07, 6.45) is 5.49. The molecule has 198 valence electrons.